The van der Waals surface area contributed by atoms with Gasteiger partial charge >= 0.3 is 0 Å². The van der Waals surface area contributed by atoms with Crippen LogP contribution in [0.2, 0.25) is 0 Å². The minimum Gasteiger partial charge on any atom is -0.486 e. The number of aromatic nitrogens is 2. The molecule has 0 aliphatic carbocycles. The van der Waals surface area contributed by atoms with E-state index in [0.29, 0.717) is 12.2 Å². The van der Waals surface area contributed by atoms with Gasteiger partial charge in [0, 0.05) is 11.1 Å². The van der Waals surface area contributed by atoms with E-state index in [1.807, 2.05) is 49.4 Å². The van der Waals surface area contributed by atoms with Crippen LogP contribution in [0.5, 0.6) is 5.75 Å². The lowest BCUT2D eigenvalue weighted by Gasteiger charge is -2.14. The highest BCUT2D eigenvalue weighted by Gasteiger charge is 2.14. The molecule has 27 heavy (non-hydrogen) atoms. The maximum Gasteiger partial charge on any atom is 0.248 e. The molecule has 0 unspecified atom stereocenters. The number of amides is 1. The molecule has 0 saturated heterocycles. The van der Waals surface area contributed by atoms with Gasteiger partial charge in [-0.05, 0) is 41.5 Å². The Labute approximate surface area is 160 Å². The lowest BCUT2D eigenvalue weighted by atomic mass is 9.96. The number of benzene rings is 3. The minimum atomic E-state index is -0.455. The van der Waals surface area contributed by atoms with Gasteiger partial charge in [0.25, 0.3) is 0 Å². The molecule has 4 aromatic rings. The number of hydrogen-bond donors (Lipinski definition) is 1. The van der Waals surface area contributed by atoms with Crippen LogP contribution >= 0.6 is 11.3 Å². The fourth-order valence-corrected chi connectivity index (χ4v) is 3.66. The van der Waals surface area contributed by atoms with Crippen molar-refractivity contribution in [1.82, 2.24) is 10.2 Å². The van der Waals surface area contributed by atoms with Crippen molar-refractivity contribution in [2.24, 2.45) is 5.73 Å². The first-order chi connectivity index (χ1) is 13.1. The van der Waals surface area contributed by atoms with Crippen molar-refractivity contribution in [2.45, 2.75) is 13.5 Å². The molecule has 0 aliphatic heterocycles. The zero-order valence-electron chi connectivity index (χ0n) is 14.7. The second-order valence-corrected chi connectivity index (χ2v) is 7.37. The van der Waals surface area contributed by atoms with Crippen molar-refractivity contribution in [1.29, 1.82) is 0 Å². The summed E-state index contributed by atoms with van der Waals surface area (Å²) in [5.41, 5.74) is 7.74. The molecule has 0 atom stereocenters. The summed E-state index contributed by atoms with van der Waals surface area (Å²) in [5.74, 6) is 0.270. The predicted octanol–water partition coefficient (Wildman–Crippen LogP) is 4.34. The van der Waals surface area contributed by atoms with Gasteiger partial charge in [0.05, 0.1) is 0 Å². The first-order valence-electron chi connectivity index (χ1n) is 8.45. The molecular weight excluding hydrogens is 358 g/mol. The fraction of sp³-hybridized carbons (Fsp3) is 0.0952. The topological polar surface area (TPSA) is 78.1 Å². The molecule has 1 amide bonds. The van der Waals surface area contributed by atoms with Gasteiger partial charge in [0.15, 0.2) is 5.01 Å². The average Bonchev–Trinajstić information content (AvgIpc) is 3.11. The largest absolute Gasteiger partial charge is 0.486 e. The number of primary amides is 1. The normalized spacial score (nSPS) is 10.9. The molecule has 0 saturated carbocycles. The fourth-order valence-electron chi connectivity index (χ4n) is 3.03. The van der Waals surface area contributed by atoms with E-state index >= 15 is 0 Å². The van der Waals surface area contributed by atoms with Crippen molar-refractivity contribution < 1.29 is 9.53 Å². The third-order valence-electron chi connectivity index (χ3n) is 4.25. The summed E-state index contributed by atoms with van der Waals surface area (Å²) in [6.07, 6.45) is 0. The number of ether oxygens (including phenoxy) is 1. The monoisotopic (exact) mass is 375 g/mol. The van der Waals surface area contributed by atoms with Gasteiger partial charge in [-0.2, -0.15) is 0 Å². The number of hydrogen-bond acceptors (Lipinski definition) is 5. The van der Waals surface area contributed by atoms with Gasteiger partial charge in [-0.15, -0.1) is 10.2 Å². The summed E-state index contributed by atoms with van der Waals surface area (Å²) in [6.45, 7) is 2.25. The van der Waals surface area contributed by atoms with Crippen LogP contribution in [-0.4, -0.2) is 16.1 Å². The number of aryl methyl sites for hydroxylation is 1. The molecule has 4 rings (SSSR count). The molecule has 2 N–H and O–H groups in total. The van der Waals surface area contributed by atoms with Crippen molar-refractivity contribution in [3.05, 3.63) is 76.2 Å². The predicted molar refractivity (Wildman–Crippen MR) is 107 cm³/mol. The van der Waals surface area contributed by atoms with E-state index in [9.17, 15) is 4.79 Å². The number of fused-ring (bicyclic) bond motifs is 1. The van der Waals surface area contributed by atoms with Crippen molar-refractivity contribution >= 4 is 28.0 Å². The molecule has 5 nitrogen and oxygen atoms in total. The zero-order valence-corrected chi connectivity index (χ0v) is 15.5. The lowest BCUT2D eigenvalue weighted by molar-refractivity contribution is 0.100. The highest BCUT2D eigenvalue weighted by molar-refractivity contribution is 7.11. The summed E-state index contributed by atoms with van der Waals surface area (Å²) < 4.78 is 6.09. The van der Waals surface area contributed by atoms with E-state index in [4.69, 9.17) is 10.5 Å². The van der Waals surface area contributed by atoms with Gasteiger partial charge < -0.3 is 10.5 Å². The van der Waals surface area contributed by atoms with E-state index in [1.165, 1.54) is 11.3 Å². The summed E-state index contributed by atoms with van der Waals surface area (Å²) in [4.78, 5) is 11.6. The molecule has 0 fully saturated rings. The second kappa shape index (κ2) is 7.17. The molecule has 0 spiro atoms. The maximum absolute atomic E-state index is 11.6. The van der Waals surface area contributed by atoms with E-state index < -0.39 is 5.91 Å². The molecule has 1 heterocycles. The van der Waals surface area contributed by atoms with Gasteiger partial charge in [-0.25, -0.2) is 0 Å². The quantitative estimate of drug-likeness (QED) is 0.563. The van der Waals surface area contributed by atoms with Crippen LogP contribution in [0.1, 0.15) is 20.4 Å². The van der Waals surface area contributed by atoms with Gasteiger partial charge in [0.1, 0.15) is 17.4 Å². The lowest BCUT2D eigenvalue weighted by Crippen LogP contribution is -2.10. The Bertz CT molecular complexity index is 1140. The van der Waals surface area contributed by atoms with Crippen molar-refractivity contribution in [2.75, 3.05) is 0 Å². The molecule has 0 bridgehead atoms. The van der Waals surface area contributed by atoms with Crippen LogP contribution in [-0.2, 0) is 6.61 Å². The van der Waals surface area contributed by atoms with Gasteiger partial charge in [-0.3, -0.25) is 4.79 Å². The van der Waals surface area contributed by atoms with Crippen molar-refractivity contribution in [3.63, 3.8) is 0 Å². The van der Waals surface area contributed by atoms with Crippen LogP contribution in [0.3, 0.4) is 0 Å². The third-order valence-corrected chi connectivity index (χ3v) is 5.06. The number of carbonyl (C=O) groups is 1. The first kappa shape index (κ1) is 17.2. The highest BCUT2D eigenvalue weighted by atomic mass is 32.1. The number of nitrogens with zero attached hydrogens (tertiary/aromatic N) is 2. The van der Waals surface area contributed by atoms with Gasteiger partial charge in [-0.1, -0.05) is 53.8 Å². The molecule has 0 aliphatic rings. The molecule has 1 aromatic heterocycles. The Hall–Kier alpha value is -3.25. The van der Waals surface area contributed by atoms with Crippen LogP contribution in [0.4, 0.5) is 0 Å². The van der Waals surface area contributed by atoms with E-state index in [1.54, 1.807) is 12.1 Å². The Morgan fingerprint density at radius 2 is 1.93 bits per heavy atom. The van der Waals surface area contributed by atoms with E-state index in [0.717, 1.165) is 37.7 Å². The number of carbonyl (C=O) groups excluding carboxylic acids is 1. The third kappa shape index (κ3) is 3.52. The Balaban J connectivity index is 1.82. The molecule has 134 valence electrons. The van der Waals surface area contributed by atoms with Gasteiger partial charge in [0.2, 0.25) is 5.91 Å². The molecular formula is C21H17N3O2S. The van der Waals surface area contributed by atoms with E-state index in [-0.39, 0.29) is 0 Å². The highest BCUT2D eigenvalue weighted by Crippen LogP contribution is 2.38. The zero-order chi connectivity index (χ0) is 18.8. The maximum atomic E-state index is 11.6. The Morgan fingerprint density at radius 1 is 1.07 bits per heavy atom. The standard InChI is InChI=1S/C21H17N3O2S/c1-13-23-24-19(27-13)12-26-18-10-9-14-5-2-3-8-17(14)20(18)15-6-4-7-16(11-15)21(22)25/h2-11H,12H2,1H3,(H2,22,25). The van der Waals surface area contributed by atoms with Crippen molar-refractivity contribution in [3.8, 4) is 16.9 Å². The number of nitrogens with two attached hydrogens (primary N) is 1. The Kier molecular flexibility index (Phi) is 4.56. The molecule has 0 radical (unpaired) electrons. The van der Waals surface area contributed by atoms with Crippen LogP contribution < -0.4 is 10.5 Å². The Morgan fingerprint density at radius 3 is 2.70 bits per heavy atom. The summed E-state index contributed by atoms with van der Waals surface area (Å²) in [7, 11) is 0. The average molecular weight is 375 g/mol. The van der Waals surface area contributed by atoms with Crippen LogP contribution in [0, 0.1) is 6.92 Å². The summed E-state index contributed by atoms with van der Waals surface area (Å²) >= 11 is 1.51. The minimum absolute atomic E-state index is 0.340. The number of rotatable bonds is 5. The molecule has 6 heteroatoms. The van der Waals surface area contributed by atoms with E-state index in [2.05, 4.69) is 16.3 Å². The molecule has 3 aromatic carbocycles. The summed E-state index contributed by atoms with van der Waals surface area (Å²) in [5, 5.41) is 12.0. The van der Waals surface area contributed by atoms with Crippen LogP contribution in [0.25, 0.3) is 21.9 Å². The first-order valence-corrected chi connectivity index (χ1v) is 9.27. The van der Waals surface area contributed by atoms with Crippen LogP contribution in [0.15, 0.2) is 60.7 Å². The smallest absolute Gasteiger partial charge is 0.248 e. The SMILES string of the molecule is Cc1nnc(COc2ccc3ccccc3c2-c2cccc(C(N)=O)c2)s1. The summed E-state index contributed by atoms with van der Waals surface area (Å²) in [6, 6.07) is 19.3. The second-order valence-electron chi connectivity index (χ2n) is 6.11.